The zero-order chi connectivity index (χ0) is 25.0. The van der Waals surface area contributed by atoms with E-state index in [-0.39, 0.29) is 5.92 Å². The summed E-state index contributed by atoms with van der Waals surface area (Å²) in [6.45, 7) is 14.8. The van der Waals surface area contributed by atoms with Gasteiger partial charge in [0.25, 0.3) is 0 Å². The van der Waals surface area contributed by atoms with Gasteiger partial charge in [0.15, 0.2) is 0 Å². The Morgan fingerprint density at radius 3 is 2.42 bits per heavy atom. The van der Waals surface area contributed by atoms with Crippen molar-refractivity contribution in [1.29, 1.82) is 0 Å². The van der Waals surface area contributed by atoms with E-state index in [2.05, 4.69) is 50.1 Å². The monoisotopic (exact) mass is 487 g/mol. The topological polar surface area (TPSA) is 82.1 Å². The van der Waals surface area contributed by atoms with E-state index in [4.69, 9.17) is 4.74 Å². The van der Waals surface area contributed by atoms with Crippen molar-refractivity contribution in [3.8, 4) is 0 Å². The summed E-state index contributed by atoms with van der Waals surface area (Å²) in [4.78, 5) is 2.48. The van der Waals surface area contributed by atoms with Gasteiger partial charge in [-0.3, -0.25) is 10.2 Å². The molecule has 8 heteroatoms. The molecule has 33 heavy (non-hydrogen) atoms. The molecule has 0 spiro atoms. The molecule has 3 atom stereocenters. The Hall–Kier alpha value is -0.930. The minimum Gasteiger partial charge on any atom is -0.498 e. The fourth-order valence-corrected chi connectivity index (χ4v) is 4.60. The first-order valence-electron chi connectivity index (χ1n) is 12.6. The summed E-state index contributed by atoms with van der Waals surface area (Å²) >= 11 is 0. The van der Waals surface area contributed by atoms with Crippen LogP contribution in [0.2, 0.25) is 0 Å². The van der Waals surface area contributed by atoms with Crippen LogP contribution in [-0.2, 0) is 14.8 Å². The number of aliphatic hydroxyl groups is 1. The highest BCUT2D eigenvalue weighted by Crippen LogP contribution is 2.24. The standard InChI is InChI=1S/C25H49N3O4S/c1-8-11-14-32-24(10-3)13-12-23(9-2)21(5)28-18-22(19-28)16-26-25(29)15-20(4)17-27(6)33(7,30)31/h12-13,20-22,25-26,29H,8-11,14-19H2,1-7H3/b23-12+,24-13+. The molecule has 0 aromatic heterocycles. The molecular formula is C25H49N3O4S. The normalized spacial score (nSPS) is 19.4. The molecule has 0 aromatic carbocycles. The molecule has 0 bridgehead atoms. The molecule has 1 saturated heterocycles. The number of likely N-dealkylation sites (tertiary alicyclic amines) is 1. The molecule has 1 heterocycles. The van der Waals surface area contributed by atoms with Gasteiger partial charge in [0, 0.05) is 45.7 Å². The van der Waals surface area contributed by atoms with Gasteiger partial charge in [-0.25, -0.2) is 12.7 Å². The van der Waals surface area contributed by atoms with Crippen LogP contribution in [0.15, 0.2) is 23.5 Å². The van der Waals surface area contributed by atoms with Crippen molar-refractivity contribution < 1.29 is 18.3 Å². The van der Waals surface area contributed by atoms with Gasteiger partial charge in [-0.15, -0.1) is 0 Å². The van der Waals surface area contributed by atoms with Crippen molar-refractivity contribution in [2.45, 2.75) is 79.0 Å². The number of unbranched alkanes of at least 4 members (excludes halogenated alkanes) is 1. The molecule has 7 nitrogen and oxygen atoms in total. The zero-order valence-electron chi connectivity index (χ0n) is 22.0. The highest BCUT2D eigenvalue weighted by molar-refractivity contribution is 7.88. The van der Waals surface area contributed by atoms with Crippen LogP contribution in [0.4, 0.5) is 0 Å². The second-order valence-electron chi connectivity index (χ2n) is 9.59. The van der Waals surface area contributed by atoms with E-state index in [0.29, 0.717) is 24.9 Å². The lowest BCUT2D eigenvalue weighted by atomic mass is 9.93. The lowest BCUT2D eigenvalue weighted by Gasteiger charge is -2.44. The van der Waals surface area contributed by atoms with Crippen molar-refractivity contribution in [3.05, 3.63) is 23.5 Å². The number of allylic oxidation sites excluding steroid dienone is 3. The van der Waals surface area contributed by atoms with E-state index >= 15 is 0 Å². The molecule has 0 aliphatic carbocycles. The minimum absolute atomic E-state index is 0.0782. The fourth-order valence-electron chi connectivity index (χ4n) is 4.07. The molecule has 0 aromatic rings. The van der Waals surface area contributed by atoms with E-state index in [0.717, 1.165) is 57.7 Å². The Bertz CT molecular complexity index is 717. The highest BCUT2D eigenvalue weighted by Gasteiger charge is 2.31. The Morgan fingerprint density at radius 2 is 1.88 bits per heavy atom. The van der Waals surface area contributed by atoms with E-state index in [1.807, 2.05) is 6.92 Å². The van der Waals surface area contributed by atoms with Crippen LogP contribution in [0.5, 0.6) is 0 Å². The van der Waals surface area contributed by atoms with Crippen LogP contribution >= 0.6 is 0 Å². The van der Waals surface area contributed by atoms with E-state index in [9.17, 15) is 13.5 Å². The van der Waals surface area contributed by atoms with Crippen LogP contribution in [0.25, 0.3) is 0 Å². The molecule has 1 rings (SSSR count). The predicted molar refractivity (Wildman–Crippen MR) is 137 cm³/mol. The molecule has 1 aliphatic rings. The molecule has 0 amide bonds. The molecule has 3 unspecified atom stereocenters. The van der Waals surface area contributed by atoms with Crippen molar-refractivity contribution >= 4 is 10.0 Å². The number of aliphatic hydroxyl groups excluding tert-OH is 1. The van der Waals surface area contributed by atoms with Gasteiger partial charge in [-0.1, -0.05) is 45.8 Å². The number of hydrogen-bond acceptors (Lipinski definition) is 6. The second-order valence-corrected chi connectivity index (χ2v) is 11.7. The summed E-state index contributed by atoms with van der Waals surface area (Å²) in [7, 11) is -1.61. The number of sulfonamides is 1. The summed E-state index contributed by atoms with van der Waals surface area (Å²) in [5, 5.41) is 13.5. The third-order valence-electron chi connectivity index (χ3n) is 6.50. The SMILES string of the molecule is CCCCO/C(=C/C=C(\CC)C(C)N1CC(CNC(O)CC(C)CN(C)S(C)(=O)=O)C1)CC. The summed E-state index contributed by atoms with van der Waals surface area (Å²) < 4.78 is 30.3. The first-order chi connectivity index (χ1) is 15.5. The Labute approximate surface area is 203 Å². The first kappa shape index (κ1) is 30.1. The molecule has 0 saturated carbocycles. The van der Waals surface area contributed by atoms with Crippen molar-refractivity contribution in [3.63, 3.8) is 0 Å². The number of rotatable bonds is 17. The Morgan fingerprint density at radius 1 is 1.21 bits per heavy atom. The quantitative estimate of drug-likeness (QED) is 0.141. The van der Waals surface area contributed by atoms with Crippen molar-refractivity contribution in [2.75, 3.05) is 46.1 Å². The number of nitrogens with one attached hydrogen (secondary N) is 1. The fraction of sp³-hybridized carbons (Fsp3) is 0.840. The average molecular weight is 488 g/mol. The summed E-state index contributed by atoms with van der Waals surface area (Å²) in [5.74, 6) is 1.65. The maximum Gasteiger partial charge on any atom is 0.210 e. The Kier molecular flexibility index (Phi) is 13.8. The smallest absolute Gasteiger partial charge is 0.210 e. The summed E-state index contributed by atoms with van der Waals surface area (Å²) in [5.41, 5.74) is 1.41. The highest BCUT2D eigenvalue weighted by atomic mass is 32.2. The molecular weight excluding hydrogens is 438 g/mol. The van der Waals surface area contributed by atoms with E-state index in [1.165, 1.54) is 16.1 Å². The van der Waals surface area contributed by atoms with Gasteiger partial charge < -0.3 is 9.84 Å². The maximum atomic E-state index is 11.5. The largest absolute Gasteiger partial charge is 0.498 e. The molecule has 1 fully saturated rings. The molecule has 1 aliphatic heterocycles. The average Bonchev–Trinajstić information content (AvgIpc) is 2.70. The lowest BCUT2D eigenvalue weighted by molar-refractivity contribution is 0.0488. The second kappa shape index (κ2) is 15.1. The van der Waals surface area contributed by atoms with Crippen molar-refractivity contribution in [2.24, 2.45) is 11.8 Å². The Balaban J connectivity index is 2.42. The molecule has 0 radical (unpaired) electrons. The summed E-state index contributed by atoms with van der Waals surface area (Å²) in [6, 6.07) is 0.396. The van der Waals surface area contributed by atoms with Crippen LogP contribution < -0.4 is 5.32 Å². The third kappa shape index (κ3) is 11.4. The zero-order valence-corrected chi connectivity index (χ0v) is 22.8. The number of ether oxygens (including phenoxy) is 1. The predicted octanol–water partition coefficient (Wildman–Crippen LogP) is 3.58. The van der Waals surface area contributed by atoms with E-state index < -0.39 is 16.3 Å². The first-order valence-corrected chi connectivity index (χ1v) is 14.5. The number of nitrogens with zero attached hydrogens (tertiary/aromatic N) is 2. The number of hydrogen-bond donors (Lipinski definition) is 2. The van der Waals surface area contributed by atoms with Gasteiger partial charge in [0.1, 0.15) is 6.23 Å². The van der Waals surface area contributed by atoms with Gasteiger partial charge in [0.05, 0.1) is 18.6 Å². The summed E-state index contributed by atoms with van der Waals surface area (Å²) in [6.07, 6.45) is 9.66. The van der Waals surface area contributed by atoms with Crippen molar-refractivity contribution in [1.82, 2.24) is 14.5 Å². The third-order valence-corrected chi connectivity index (χ3v) is 7.78. The van der Waals surface area contributed by atoms with Gasteiger partial charge >= 0.3 is 0 Å². The van der Waals surface area contributed by atoms with Crippen LogP contribution in [0, 0.1) is 11.8 Å². The van der Waals surface area contributed by atoms with Gasteiger partial charge in [0.2, 0.25) is 10.0 Å². The van der Waals surface area contributed by atoms with Crippen LogP contribution in [0.1, 0.15) is 66.7 Å². The van der Waals surface area contributed by atoms with E-state index in [1.54, 1.807) is 7.05 Å². The van der Waals surface area contributed by atoms with Crippen LogP contribution in [-0.4, -0.2) is 81.1 Å². The molecule has 194 valence electrons. The molecule has 2 N–H and O–H groups in total. The van der Waals surface area contributed by atoms with Gasteiger partial charge in [-0.2, -0.15) is 0 Å². The minimum atomic E-state index is -3.18. The van der Waals surface area contributed by atoms with Crippen LogP contribution in [0.3, 0.4) is 0 Å². The maximum absolute atomic E-state index is 11.5. The lowest BCUT2D eigenvalue weighted by Crippen LogP contribution is -2.55. The van der Waals surface area contributed by atoms with Gasteiger partial charge in [-0.05, 0) is 44.1 Å².